The van der Waals surface area contributed by atoms with Crippen LogP contribution in [0.3, 0.4) is 0 Å². The lowest BCUT2D eigenvalue weighted by Gasteiger charge is -2.17. The number of aliphatic hydroxyl groups is 1. The van der Waals surface area contributed by atoms with Gasteiger partial charge < -0.3 is 9.53 Å². The van der Waals surface area contributed by atoms with Crippen molar-refractivity contribution >= 4 is 8.32 Å². The molecule has 1 unspecified atom stereocenters. The van der Waals surface area contributed by atoms with Crippen molar-refractivity contribution in [3.8, 4) is 11.8 Å². The minimum Gasteiger partial charge on any atom is -0.414 e. The molecule has 0 aromatic heterocycles. The van der Waals surface area contributed by atoms with Crippen LogP contribution < -0.4 is 0 Å². The highest BCUT2D eigenvalue weighted by Crippen LogP contribution is 2.05. The van der Waals surface area contributed by atoms with Gasteiger partial charge in [0.2, 0.25) is 0 Å². The summed E-state index contributed by atoms with van der Waals surface area (Å²) in [5.74, 6) is 5.88. The Balaban J connectivity index is 3.51. The molecule has 0 aromatic carbocycles. The predicted octanol–water partition coefficient (Wildman–Crippen LogP) is 3.56. The van der Waals surface area contributed by atoms with Crippen molar-refractivity contribution in [3.63, 3.8) is 0 Å². The Morgan fingerprint density at radius 3 is 2.35 bits per heavy atom. The molecule has 0 rings (SSSR count). The number of hydrogen-bond acceptors (Lipinski definition) is 2. The maximum Gasteiger partial charge on any atom is 0.183 e. The maximum absolute atomic E-state index is 9.58. The first-order valence-electron chi connectivity index (χ1n) is 6.76. The van der Waals surface area contributed by atoms with Crippen LogP contribution in [0.4, 0.5) is 0 Å². The van der Waals surface area contributed by atoms with E-state index in [9.17, 15) is 5.11 Å². The fraction of sp³-hybridized carbons (Fsp3) is 0.857. The van der Waals surface area contributed by atoms with E-state index in [1.165, 1.54) is 25.7 Å². The number of aliphatic hydroxyl groups excluding tert-OH is 1. The second-order valence-electron chi connectivity index (χ2n) is 5.42. The lowest BCUT2D eigenvalue weighted by atomic mass is 10.1. The van der Waals surface area contributed by atoms with Crippen LogP contribution in [0.15, 0.2) is 0 Å². The van der Waals surface area contributed by atoms with E-state index in [0.29, 0.717) is 6.61 Å². The van der Waals surface area contributed by atoms with Gasteiger partial charge in [0.15, 0.2) is 8.32 Å². The summed E-state index contributed by atoms with van der Waals surface area (Å²) in [6, 6.07) is 0. The van der Waals surface area contributed by atoms with Crippen LogP contribution in [0.1, 0.15) is 45.4 Å². The Bertz CT molecular complexity index is 235. The molecule has 0 aliphatic carbocycles. The quantitative estimate of drug-likeness (QED) is 0.409. The third-order valence-electron chi connectivity index (χ3n) is 2.35. The fourth-order valence-corrected chi connectivity index (χ4v) is 2.04. The first-order chi connectivity index (χ1) is 7.95. The van der Waals surface area contributed by atoms with Gasteiger partial charge >= 0.3 is 0 Å². The number of hydrogen-bond donors (Lipinski definition) is 1. The first kappa shape index (κ1) is 16.7. The van der Waals surface area contributed by atoms with Crippen molar-refractivity contribution in [2.24, 2.45) is 0 Å². The minimum absolute atomic E-state index is 0.360. The molecule has 0 amide bonds. The highest BCUT2D eigenvalue weighted by atomic mass is 28.4. The molecule has 0 aliphatic rings. The molecular formula is C14H28O2Si. The van der Waals surface area contributed by atoms with E-state index in [4.69, 9.17) is 4.43 Å². The van der Waals surface area contributed by atoms with Gasteiger partial charge in [-0.05, 0) is 26.1 Å². The molecule has 0 aliphatic heterocycles. The zero-order chi connectivity index (χ0) is 13.1. The standard InChI is InChI=1S/C14H28O2Si/c1-5-6-7-8-9-10-11-12-14(15)13-16-17(2,3)4/h14-15H,5-10,13H2,1-4H3. The minimum atomic E-state index is -1.52. The molecule has 0 aromatic rings. The van der Waals surface area contributed by atoms with Crippen molar-refractivity contribution in [1.82, 2.24) is 0 Å². The van der Waals surface area contributed by atoms with Crippen molar-refractivity contribution < 1.29 is 9.53 Å². The maximum atomic E-state index is 9.58. The molecule has 0 heterocycles. The van der Waals surface area contributed by atoms with Crippen LogP contribution in [0.5, 0.6) is 0 Å². The van der Waals surface area contributed by atoms with Gasteiger partial charge in [0.1, 0.15) is 6.10 Å². The van der Waals surface area contributed by atoms with Crippen LogP contribution in [-0.4, -0.2) is 26.1 Å². The van der Waals surface area contributed by atoms with E-state index in [1.54, 1.807) is 0 Å². The van der Waals surface area contributed by atoms with Crippen molar-refractivity contribution in [2.45, 2.75) is 71.2 Å². The summed E-state index contributed by atoms with van der Waals surface area (Å²) in [4.78, 5) is 0. The van der Waals surface area contributed by atoms with E-state index >= 15 is 0 Å². The van der Waals surface area contributed by atoms with Gasteiger partial charge in [-0.25, -0.2) is 0 Å². The monoisotopic (exact) mass is 256 g/mol. The van der Waals surface area contributed by atoms with Gasteiger partial charge in [0.05, 0.1) is 6.61 Å². The number of rotatable bonds is 8. The molecule has 2 nitrogen and oxygen atoms in total. The lowest BCUT2D eigenvalue weighted by molar-refractivity contribution is 0.147. The van der Waals surface area contributed by atoms with E-state index in [-0.39, 0.29) is 0 Å². The predicted molar refractivity (Wildman–Crippen MR) is 76.5 cm³/mol. The third kappa shape index (κ3) is 13.6. The third-order valence-corrected chi connectivity index (χ3v) is 3.38. The zero-order valence-corrected chi connectivity index (χ0v) is 12.9. The second kappa shape index (κ2) is 9.70. The largest absolute Gasteiger partial charge is 0.414 e. The first-order valence-corrected chi connectivity index (χ1v) is 10.2. The van der Waals surface area contributed by atoms with Crippen LogP contribution in [0.25, 0.3) is 0 Å². The van der Waals surface area contributed by atoms with Gasteiger partial charge in [-0.3, -0.25) is 0 Å². The molecule has 17 heavy (non-hydrogen) atoms. The Morgan fingerprint density at radius 1 is 1.12 bits per heavy atom. The van der Waals surface area contributed by atoms with Crippen LogP contribution in [-0.2, 0) is 4.43 Å². The second-order valence-corrected chi connectivity index (χ2v) is 9.94. The molecule has 0 bridgehead atoms. The van der Waals surface area contributed by atoms with Crippen LogP contribution in [0.2, 0.25) is 19.6 Å². The van der Waals surface area contributed by atoms with Crippen LogP contribution in [0, 0.1) is 11.8 Å². The van der Waals surface area contributed by atoms with Gasteiger partial charge in [-0.15, -0.1) is 5.92 Å². The molecule has 0 saturated heterocycles. The van der Waals surface area contributed by atoms with Crippen molar-refractivity contribution in [2.75, 3.05) is 6.61 Å². The Kier molecular flexibility index (Phi) is 9.53. The summed E-state index contributed by atoms with van der Waals surface area (Å²) >= 11 is 0. The van der Waals surface area contributed by atoms with Gasteiger partial charge in [-0.1, -0.05) is 38.5 Å². The Morgan fingerprint density at radius 2 is 1.76 bits per heavy atom. The molecule has 100 valence electrons. The molecule has 0 fully saturated rings. The highest BCUT2D eigenvalue weighted by molar-refractivity contribution is 6.69. The Labute approximate surface area is 108 Å². The molecule has 1 N–H and O–H groups in total. The van der Waals surface area contributed by atoms with Crippen LogP contribution >= 0.6 is 0 Å². The molecule has 3 heteroatoms. The summed E-state index contributed by atoms with van der Waals surface area (Å²) < 4.78 is 5.59. The van der Waals surface area contributed by atoms with Gasteiger partial charge in [0, 0.05) is 6.42 Å². The summed E-state index contributed by atoms with van der Waals surface area (Å²) in [6.45, 7) is 8.91. The SMILES string of the molecule is CCCCCCCC#CC(O)CO[Si](C)(C)C. The molecule has 1 atom stereocenters. The van der Waals surface area contributed by atoms with Gasteiger partial charge in [-0.2, -0.15) is 0 Å². The van der Waals surface area contributed by atoms with E-state index in [2.05, 4.69) is 38.4 Å². The van der Waals surface area contributed by atoms with E-state index < -0.39 is 14.4 Å². The smallest absolute Gasteiger partial charge is 0.183 e. The van der Waals surface area contributed by atoms with E-state index in [0.717, 1.165) is 12.8 Å². The Hall–Kier alpha value is -0.303. The molecular weight excluding hydrogens is 228 g/mol. The number of unbranched alkanes of at least 4 members (excludes halogenated alkanes) is 5. The summed E-state index contributed by atoms with van der Waals surface area (Å²) in [7, 11) is -1.52. The van der Waals surface area contributed by atoms with Gasteiger partial charge in [0.25, 0.3) is 0 Å². The highest BCUT2D eigenvalue weighted by Gasteiger charge is 2.15. The average molecular weight is 256 g/mol. The molecule has 0 saturated carbocycles. The van der Waals surface area contributed by atoms with Crippen molar-refractivity contribution in [1.29, 1.82) is 0 Å². The topological polar surface area (TPSA) is 29.5 Å². The average Bonchev–Trinajstić information content (AvgIpc) is 2.24. The molecule has 0 spiro atoms. The molecule has 0 radical (unpaired) electrons. The normalized spacial score (nSPS) is 13.0. The zero-order valence-electron chi connectivity index (χ0n) is 11.9. The van der Waals surface area contributed by atoms with Crippen molar-refractivity contribution in [3.05, 3.63) is 0 Å². The van der Waals surface area contributed by atoms with E-state index in [1.807, 2.05) is 0 Å². The summed E-state index contributed by atoms with van der Waals surface area (Å²) in [6.07, 6.45) is 6.59. The summed E-state index contributed by atoms with van der Waals surface area (Å²) in [5, 5.41) is 9.58. The summed E-state index contributed by atoms with van der Waals surface area (Å²) in [5.41, 5.74) is 0. The fourth-order valence-electron chi connectivity index (χ4n) is 1.38. The lowest BCUT2D eigenvalue weighted by Crippen LogP contribution is -2.29.